The summed E-state index contributed by atoms with van der Waals surface area (Å²) in [6, 6.07) is 2.83. The van der Waals surface area contributed by atoms with Crippen molar-refractivity contribution in [1.82, 2.24) is 4.72 Å². The number of carboxylic acid groups (broad SMARTS) is 1. The van der Waals surface area contributed by atoms with Gasteiger partial charge in [-0.25, -0.2) is 17.9 Å². The Balaban J connectivity index is 3.33. The van der Waals surface area contributed by atoms with Crippen LogP contribution in [0.25, 0.3) is 0 Å². The SMILES string of the molecule is Cc1ccc(C)c(S(=O)(=O)NCC(C)(O)C(=O)O)c1[N+](=O)[O-]. The minimum absolute atomic E-state index is 0.139. The van der Waals surface area contributed by atoms with E-state index in [-0.39, 0.29) is 11.1 Å². The lowest BCUT2D eigenvalue weighted by Gasteiger charge is -2.19. The number of benzene rings is 1. The summed E-state index contributed by atoms with van der Waals surface area (Å²) < 4.78 is 26.5. The number of hydrogen-bond donors (Lipinski definition) is 3. The molecular weight excluding hydrogens is 316 g/mol. The number of nitrogens with one attached hydrogen (secondary N) is 1. The van der Waals surface area contributed by atoms with Gasteiger partial charge >= 0.3 is 5.97 Å². The summed E-state index contributed by atoms with van der Waals surface area (Å²) in [4.78, 5) is 20.5. The fourth-order valence-corrected chi connectivity index (χ4v) is 3.32. The molecule has 0 bridgehead atoms. The van der Waals surface area contributed by atoms with Crippen LogP contribution in [-0.2, 0) is 14.8 Å². The molecule has 0 aliphatic carbocycles. The van der Waals surface area contributed by atoms with Crippen molar-refractivity contribution in [3.05, 3.63) is 33.4 Å². The standard InChI is InChI=1S/C12H16N2O7S/c1-7-4-5-8(2)10(9(7)14(18)19)22(20,21)13-6-12(3,17)11(15)16/h4-5,13,17H,6H2,1-3H3,(H,15,16). The van der Waals surface area contributed by atoms with E-state index in [9.17, 15) is 28.4 Å². The van der Waals surface area contributed by atoms with Crippen LogP contribution in [0.1, 0.15) is 18.1 Å². The van der Waals surface area contributed by atoms with Crippen molar-refractivity contribution in [2.75, 3.05) is 6.54 Å². The predicted molar refractivity (Wildman–Crippen MR) is 76.0 cm³/mol. The molecule has 0 aromatic heterocycles. The number of aliphatic carboxylic acids is 1. The van der Waals surface area contributed by atoms with Crippen LogP contribution in [0.5, 0.6) is 0 Å². The van der Waals surface area contributed by atoms with Crippen molar-refractivity contribution in [2.24, 2.45) is 0 Å². The molecule has 0 aliphatic heterocycles. The van der Waals surface area contributed by atoms with Gasteiger partial charge in [0, 0.05) is 5.56 Å². The van der Waals surface area contributed by atoms with E-state index in [4.69, 9.17) is 5.11 Å². The first-order valence-electron chi connectivity index (χ1n) is 6.10. The third kappa shape index (κ3) is 3.59. The van der Waals surface area contributed by atoms with Gasteiger partial charge in [0.25, 0.3) is 5.69 Å². The van der Waals surface area contributed by atoms with Gasteiger partial charge in [-0.3, -0.25) is 10.1 Å². The van der Waals surface area contributed by atoms with Crippen molar-refractivity contribution < 1.29 is 28.3 Å². The van der Waals surface area contributed by atoms with Gasteiger partial charge in [-0.2, -0.15) is 0 Å². The van der Waals surface area contributed by atoms with Crippen molar-refractivity contribution in [2.45, 2.75) is 31.3 Å². The fourth-order valence-electron chi connectivity index (χ4n) is 1.72. The Kier molecular flexibility index (Phi) is 4.90. The van der Waals surface area contributed by atoms with E-state index in [1.54, 1.807) is 0 Å². The molecule has 22 heavy (non-hydrogen) atoms. The third-order valence-corrected chi connectivity index (χ3v) is 4.63. The Morgan fingerprint density at radius 2 is 1.86 bits per heavy atom. The Bertz CT molecular complexity index is 725. The molecule has 10 heteroatoms. The van der Waals surface area contributed by atoms with Gasteiger partial charge in [-0.15, -0.1) is 0 Å². The second-order valence-electron chi connectivity index (χ2n) is 5.04. The highest BCUT2D eigenvalue weighted by atomic mass is 32.2. The molecular formula is C12H16N2O7S. The lowest BCUT2D eigenvalue weighted by Crippen LogP contribution is -2.46. The van der Waals surface area contributed by atoms with Gasteiger partial charge in [0.05, 0.1) is 11.5 Å². The summed E-state index contributed by atoms with van der Waals surface area (Å²) in [5.74, 6) is -1.62. The van der Waals surface area contributed by atoms with Crippen LogP contribution in [0.4, 0.5) is 5.69 Å². The highest BCUT2D eigenvalue weighted by Gasteiger charge is 2.35. The highest BCUT2D eigenvalue weighted by molar-refractivity contribution is 7.89. The maximum absolute atomic E-state index is 12.3. The minimum Gasteiger partial charge on any atom is -0.479 e. The van der Waals surface area contributed by atoms with Crippen LogP contribution in [0.15, 0.2) is 17.0 Å². The zero-order chi connectivity index (χ0) is 17.3. The molecule has 3 N–H and O–H groups in total. The van der Waals surface area contributed by atoms with Crippen LogP contribution in [0.3, 0.4) is 0 Å². The molecule has 1 atom stereocenters. The summed E-state index contributed by atoms with van der Waals surface area (Å²) in [5, 5.41) is 29.4. The summed E-state index contributed by atoms with van der Waals surface area (Å²) in [6.45, 7) is 2.87. The normalized spacial score (nSPS) is 14.4. The fraction of sp³-hybridized carbons (Fsp3) is 0.417. The molecule has 1 unspecified atom stereocenters. The van der Waals surface area contributed by atoms with E-state index < -0.39 is 43.6 Å². The molecule has 122 valence electrons. The number of rotatable bonds is 6. The smallest absolute Gasteiger partial charge is 0.336 e. The van der Waals surface area contributed by atoms with E-state index in [2.05, 4.69) is 0 Å². The number of carbonyl (C=O) groups is 1. The van der Waals surface area contributed by atoms with Crippen LogP contribution < -0.4 is 4.72 Å². The Labute approximate surface area is 126 Å². The van der Waals surface area contributed by atoms with Crippen LogP contribution in [-0.4, -0.2) is 41.7 Å². The largest absolute Gasteiger partial charge is 0.479 e. The minimum atomic E-state index is -4.37. The molecule has 0 amide bonds. The van der Waals surface area contributed by atoms with Gasteiger partial charge in [0.2, 0.25) is 10.0 Å². The summed E-state index contributed by atoms with van der Waals surface area (Å²) in [6.07, 6.45) is 0. The number of carboxylic acids is 1. The number of sulfonamides is 1. The molecule has 0 heterocycles. The van der Waals surface area contributed by atoms with E-state index in [0.29, 0.717) is 0 Å². The summed E-state index contributed by atoms with van der Waals surface area (Å²) >= 11 is 0. The van der Waals surface area contributed by atoms with E-state index >= 15 is 0 Å². The van der Waals surface area contributed by atoms with Crippen molar-refractivity contribution in [3.63, 3.8) is 0 Å². The first-order chi connectivity index (χ1) is 9.90. The number of nitro benzene ring substituents is 1. The average Bonchev–Trinajstić information content (AvgIpc) is 2.38. The van der Waals surface area contributed by atoms with Crippen LogP contribution in [0.2, 0.25) is 0 Å². The van der Waals surface area contributed by atoms with Gasteiger partial charge in [0.1, 0.15) is 0 Å². The number of aliphatic hydroxyl groups is 1. The van der Waals surface area contributed by atoms with Gasteiger partial charge in [-0.1, -0.05) is 12.1 Å². The summed E-state index contributed by atoms with van der Waals surface area (Å²) in [7, 11) is -4.37. The molecule has 0 radical (unpaired) electrons. The summed E-state index contributed by atoms with van der Waals surface area (Å²) in [5.41, 5.74) is -2.62. The van der Waals surface area contributed by atoms with E-state index in [0.717, 1.165) is 6.92 Å². The molecule has 9 nitrogen and oxygen atoms in total. The van der Waals surface area contributed by atoms with Gasteiger partial charge < -0.3 is 10.2 Å². The molecule has 0 saturated heterocycles. The molecule has 0 spiro atoms. The average molecular weight is 332 g/mol. The third-order valence-electron chi connectivity index (χ3n) is 3.05. The Morgan fingerprint density at radius 3 is 2.32 bits per heavy atom. The highest BCUT2D eigenvalue weighted by Crippen LogP contribution is 2.30. The predicted octanol–water partition coefficient (Wildman–Crippen LogP) is 0.326. The van der Waals surface area contributed by atoms with Crippen LogP contribution >= 0.6 is 0 Å². The van der Waals surface area contributed by atoms with E-state index in [1.807, 2.05) is 4.72 Å². The van der Waals surface area contributed by atoms with Gasteiger partial charge in [0.15, 0.2) is 10.5 Å². The monoisotopic (exact) mass is 332 g/mol. The number of aryl methyl sites for hydroxylation is 2. The van der Waals surface area contributed by atoms with Crippen molar-refractivity contribution >= 4 is 21.7 Å². The number of hydrogen-bond acceptors (Lipinski definition) is 6. The molecule has 0 saturated carbocycles. The number of nitrogens with zero attached hydrogens (tertiary/aromatic N) is 1. The Hall–Kier alpha value is -2.04. The second-order valence-corrected chi connectivity index (χ2v) is 6.74. The topological polar surface area (TPSA) is 147 Å². The molecule has 0 fully saturated rings. The first kappa shape index (κ1) is 18.0. The first-order valence-corrected chi connectivity index (χ1v) is 7.58. The lowest BCUT2D eigenvalue weighted by molar-refractivity contribution is -0.388. The molecule has 0 aliphatic rings. The molecule has 1 aromatic rings. The van der Waals surface area contributed by atoms with Crippen LogP contribution in [0, 0.1) is 24.0 Å². The lowest BCUT2D eigenvalue weighted by atomic mass is 10.1. The quantitative estimate of drug-likeness (QED) is 0.502. The van der Waals surface area contributed by atoms with E-state index in [1.165, 1.54) is 26.0 Å². The van der Waals surface area contributed by atoms with Gasteiger partial charge in [-0.05, 0) is 26.3 Å². The zero-order valence-electron chi connectivity index (χ0n) is 12.2. The maximum atomic E-state index is 12.3. The zero-order valence-corrected chi connectivity index (χ0v) is 13.0. The molecule has 1 rings (SSSR count). The Morgan fingerprint density at radius 1 is 1.36 bits per heavy atom. The second kappa shape index (κ2) is 5.99. The maximum Gasteiger partial charge on any atom is 0.336 e. The van der Waals surface area contributed by atoms with Crippen molar-refractivity contribution in [3.8, 4) is 0 Å². The number of nitro groups is 1. The molecule has 1 aromatic carbocycles. The van der Waals surface area contributed by atoms with Crippen molar-refractivity contribution in [1.29, 1.82) is 0 Å².